The zero-order chi connectivity index (χ0) is 15.4. The van der Waals surface area contributed by atoms with Gasteiger partial charge in [0.1, 0.15) is 17.2 Å². The highest BCUT2D eigenvalue weighted by Crippen LogP contribution is 1.98. The number of aryl methyl sites for hydroxylation is 4. The van der Waals surface area contributed by atoms with Gasteiger partial charge in [-0.15, -0.1) is 0 Å². The second-order valence-corrected chi connectivity index (χ2v) is 4.92. The van der Waals surface area contributed by atoms with E-state index in [1.165, 1.54) is 6.07 Å². The van der Waals surface area contributed by atoms with Crippen molar-refractivity contribution >= 4 is 5.91 Å². The Morgan fingerprint density at radius 3 is 2.71 bits per heavy atom. The van der Waals surface area contributed by atoms with Crippen LogP contribution >= 0.6 is 0 Å². The van der Waals surface area contributed by atoms with Crippen molar-refractivity contribution in [1.82, 2.24) is 25.1 Å². The van der Waals surface area contributed by atoms with Crippen LogP contribution in [0.2, 0.25) is 0 Å². The zero-order valence-electron chi connectivity index (χ0n) is 12.4. The summed E-state index contributed by atoms with van der Waals surface area (Å²) in [6.45, 7) is 6.66. The van der Waals surface area contributed by atoms with Gasteiger partial charge in [-0.3, -0.25) is 14.3 Å². The molecule has 0 saturated heterocycles. The van der Waals surface area contributed by atoms with Crippen LogP contribution in [0.4, 0.5) is 0 Å². The smallest absolute Gasteiger partial charge is 0.260 e. The summed E-state index contributed by atoms with van der Waals surface area (Å²) in [4.78, 5) is 30.4. The molecule has 0 aliphatic heterocycles. The lowest BCUT2D eigenvalue weighted by atomic mass is 10.2. The van der Waals surface area contributed by atoms with Crippen molar-refractivity contribution in [2.75, 3.05) is 6.54 Å². The van der Waals surface area contributed by atoms with Crippen molar-refractivity contribution in [2.45, 2.75) is 33.7 Å². The third-order valence-corrected chi connectivity index (χ3v) is 3.09. The first kappa shape index (κ1) is 15.0. The predicted molar refractivity (Wildman–Crippen MR) is 78.2 cm³/mol. The summed E-state index contributed by atoms with van der Waals surface area (Å²) in [5.74, 6) is 1.24. The van der Waals surface area contributed by atoms with Crippen molar-refractivity contribution in [3.05, 3.63) is 45.4 Å². The van der Waals surface area contributed by atoms with E-state index < -0.39 is 0 Å². The van der Waals surface area contributed by atoms with Crippen molar-refractivity contribution in [3.63, 3.8) is 0 Å². The molecule has 2 N–H and O–H groups in total. The van der Waals surface area contributed by atoms with Gasteiger partial charge >= 0.3 is 0 Å². The number of pyridine rings is 1. The Kier molecular flexibility index (Phi) is 4.52. The van der Waals surface area contributed by atoms with Crippen LogP contribution in [0.1, 0.15) is 34.1 Å². The van der Waals surface area contributed by atoms with Gasteiger partial charge in [-0.2, -0.15) is 5.10 Å². The molecule has 7 heteroatoms. The van der Waals surface area contributed by atoms with E-state index >= 15 is 0 Å². The first-order valence-electron chi connectivity index (χ1n) is 6.83. The maximum absolute atomic E-state index is 11.9. The van der Waals surface area contributed by atoms with Crippen molar-refractivity contribution < 1.29 is 4.79 Å². The molecule has 7 nitrogen and oxygen atoms in total. The standard InChI is InChI=1S/C14H19N5O2/c1-9-5-6-12(14(21)16-9)13(20)15-7-4-8-19-11(3)17-10(2)18-19/h5-6H,4,7-8H2,1-3H3,(H,15,20)(H,16,21). The van der Waals surface area contributed by atoms with Gasteiger partial charge in [0.2, 0.25) is 0 Å². The average Bonchev–Trinajstić information content (AvgIpc) is 2.73. The molecule has 0 spiro atoms. The van der Waals surface area contributed by atoms with Crippen molar-refractivity contribution in [1.29, 1.82) is 0 Å². The largest absolute Gasteiger partial charge is 0.352 e. The fourth-order valence-corrected chi connectivity index (χ4v) is 2.05. The van der Waals surface area contributed by atoms with Crippen LogP contribution < -0.4 is 10.9 Å². The fourth-order valence-electron chi connectivity index (χ4n) is 2.05. The lowest BCUT2D eigenvalue weighted by Crippen LogP contribution is -2.30. The summed E-state index contributed by atoms with van der Waals surface area (Å²) in [5.41, 5.74) is 0.497. The summed E-state index contributed by atoms with van der Waals surface area (Å²) >= 11 is 0. The molecule has 0 aliphatic carbocycles. The Balaban J connectivity index is 1.84. The Bertz CT molecular complexity index is 702. The van der Waals surface area contributed by atoms with E-state index in [1.807, 2.05) is 13.8 Å². The number of hydrogen-bond acceptors (Lipinski definition) is 4. The zero-order valence-corrected chi connectivity index (χ0v) is 12.4. The SMILES string of the molecule is Cc1nc(C)n(CCCNC(=O)c2ccc(C)[nH]c2=O)n1. The number of hydrogen-bond donors (Lipinski definition) is 2. The Morgan fingerprint density at radius 2 is 2.10 bits per heavy atom. The molecule has 0 saturated carbocycles. The van der Waals surface area contributed by atoms with E-state index in [2.05, 4.69) is 20.4 Å². The molecule has 0 atom stereocenters. The molecule has 0 unspecified atom stereocenters. The first-order chi connectivity index (χ1) is 9.97. The first-order valence-corrected chi connectivity index (χ1v) is 6.83. The minimum absolute atomic E-state index is 0.133. The van der Waals surface area contributed by atoms with E-state index in [-0.39, 0.29) is 17.0 Å². The van der Waals surface area contributed by atoms with Gasteiger partial charge < -0.3 is 10.3 Å². The normalized spacial score (nSPS) is 10.6. The lowest BCUT2D eigenvalue weighted by molar-refractivity contribution is 0.0951. The Morgan fingerprint density at radius 1 is 1.33 bits per heavy atom. The average molecular weight is 289 g/mol. The van der Waals surface area contributed by atoms with Crippen LogP contribution in [0, 0.1) is 20.8 Å². The summed E-state index contributed by atoms with van der Waals surface area (Å²) in [7, 11) is 0. The number of carbonyl (C=O) groups is 1. The van der Waals surface area contributed by atoms with Gasteiger partial charge in [0, 0.05) is 18.8 Å². The van der Waals surface area contributed by atoms with Crippen LogP contribution in [0.15, 0.2) is 16.9 Å². The van der Waals surface area contributed by atoms with Crippen LogP contribution in [0.3, 0.4) is 0 Å². The second-order valence-electron chi connectivity index (χ2n) is 4.92. The fraction of sp³-hybridized carbons (Fsp3) is 0.429. The van der Waals surface area contributed by atoms with Crippen LogP contribution in [0.25, 0.3) is 0 Å². The number of nitrogens with one attached hydrogen (secondary N) is 2. The number of aromatic nitrogens is 4. The molecular formula is C14H19N5O2. The van der Waals surface area contributed by atoms with Gasteiger partial charge in [0.05, 0.1) is 0 Å². The van der Waals surface area contributed by atoms with Gasteiger partial charge in [-0.05, 0) is 39.3 Å². The van der Waals surface area contributed by atoms with Crippen LogP contribution in [0.5, 0.6) is 0 Å². The summed E-state index contributed by atoms with van der Waals surface area (Å²) in [5, 5.41) is 6.98. The molecule has 0 radical (unpaired) electrons. The molecule has 112 valence electrons. The van der Waals surface area contributed by atoms with E-state index in [4.69, 9.17) is 0 Å². The minimum Gasteiger partial charge on any atom is -0.352 e. The molecule has 0 fully saturated rings. The highest BCUT2D eigenvalue weighted by Gasteiger charge is 2.09. The Hall–Kier alpha value is -2.44. The Labute approximate surface area is 122 Å². The van der Waals surface area contributed by atoms with E-state index in [0.29, 0.717) is 13.1 Å². The molecule has 21 heavy (non-hydrogen) atoms. The molecule has 2 aromatic heterocycles. The predicted octanol–water partition coefficient (Wildman–Crippen LogP) is 0.712. The maximum atomic E-state index is 11.9. The molecule has 2 heterocycles. The molecule has 0 bridgehead atoms. The van der Waals surface area contributed by atoms with Gasteiger partial charge in [0.25, 0.3) is 11.5 Å². The van der Waals surface area contributed by atoms with E-state index in [0.717, 1.165) is 23.8 Å². The molecule has 2 aromatic rings. The summed E-state index contributed by atoms with van der Waals surface area (Å²) < 4.78 is 1.81. The second kappa shape index (κ2) is 6.34. The van der Waals surface area contributed by atoms with Gasteiger partial charge in [-0.25, -0.2) is 4.98 Å². The van der Waals surface area contributed by atoms with E-state index in [9.17, 15) is 9.59 Å². The third-order valence-electron chi connectivity index (χ3n) is 3.09. The number of carbonyl (C=O) groups excluding carboxylic acids is 1. The van der Waals surface area contributed by atoms with Gasteiger partial charge in [-0.1, -0.05) is 0 Å². The van der Waals surface area contributed by atoms with E-state index in [1.54, 1.807) is 17.7 Å². The van der Waals surface area contributed by atoms with Gasteiger partial charge in [0.15, 0.2) is 0 Å². The molecular weight excluding hydrogens is 270 g/mol. The number of amides is 1. The van der Waals surface area contributed by atoms with Crippen LogP contribution in [-0.2, 0) is 6.54 Å². The van der Waals surface area contributed by atoms with Crippen LogP contribution in [-0.4, -0.2) is 32.2 Å². The molecule has 0 aliphatic rings. The topological polar surface area (TPSA) is 92.7 Å². The molecule has 0 aromatic carbocycles. The number of rotatable bonds is 5. The van der Waals surface area contributed by atoms with Crippen molar-refractivity contribution in [3.8, 4) is 0 Å². The third kappa shape index (κ3) is 3.77. The highest BCUT2D eigenvalue weighted by atomic mass is 16.2. The molecule has 2 rings (SSSR count). The minimum atomic E-state index is -0.366. The number of aromatic amines is 1. The van der Waals surface area contributed by atoms with Crippen molar-refractivity contribution in [2.24, 2.45) is 0 Å². The summed E-state index contributed by atoms with van der Waals surface area (Å²) in [6, 6.07) is 3.24. The molecule has 1 amide bonds. The summed E-state index contributed by atoms with van der Waals surface area (Å²) in [6.07, 6.45) is 0.721. The number of nitrogens with zero attached hydrogens (tertiary/aromatic N) is 3. The maximum Gasteiger partial charge on any atom is 0.260 e. The monoisotopic (exact) mass is 289 g/mol. The highest BCUT2D eigenvalue weighted by molar-refractivity contribution is 5.93. The number of H-pyrrole nitrogens is 1. The lowest BCUT2D eigenvalue weighted by Gasteiger charge is -2.06. The quantitative estimate of drug-likeness (QED) is 0.793.